The zero-order valence-electron chi connectivity index (χ0n) is 14.4. The Hall–Kier alpha value is -2.75. The van der Waals surface area contributed by atoms with Gasteiger partial charge in [0, 0.05) is 12.5 Å². The van der Waals surface area contributed by atoms with Crippen LogP contribution in [0.25, 0.3) is 6.08 Å². The lowest BCUT2D eigenvalue weighted by Crippen LogP contribution is -2.26. The first-order valence-electron chi connectivity index (χ1n) is 8.69. The Kier molecular flexibility index (Phi) is 5.73. The second-order valence-corrected chi connectivity index (χ2v) is 5.97. The molecule has 4 heteroatoms. The molecule has 0 saturated heterocycles. The molecule has 0 saturated carbocycles. The summed E-state index contributed by atoms with van der Waals surface area (Å²) in [7, 11) is 0. The van der Waals surface area contributed by atoms with Gasteiger partial charge in [0.2, 0.25) is 5.91 Å². The molecule has 2 aromatic rings. The first-order valence-corrected chi connectivity index (χ1v) is 8.69. The van der Waals surface area contributed by atoms with Gasteiger partial charge in [-0.25, -0.2) is 0 Å². The van der Waals surface area contributed by atoms with Gasteiger partial charge in [0.15, 0.2) is 11.5 Å². The topological polar surface area (TPSA) is 47.6 Å². The molecule has 1 amide bonds. The number of fused-ring (bicyclic) bond motifs is 1. The molecule has 25 heavy (non-hydrogen) atoms. The molecule has 0 aromatic heterocycles. The van der Waals surface area contributed by atoms with Crippen molar-refractivity contribution in [2.75, 3.05) is 13.2 Å². The Morgan fingerprint density at radius 2 is 1.88 bits per heavy atom. The van der Waals surface area contributed by atoms with E-state index in [1.165, 1.54) is 0 Å². The van der Waals surface area contributed by atoms with E-state index in [0.29, 0.717) is 13.2 Å². The molecule has 1 aliphatic rings. The lowest BCUT2D eigenvalue weighted by atomic mass is 10.0. The van der Waals surface area contributed by atoms with Crippen LogP contribution < -0.4 is 14.8 Å². The number of amides is 1. The van der Waals surface area contributed by atoms with Gasteiger partial charge in [-0.05, 0) is 35.8 Å². The third kappa shape index (κ3) is 4.63. The summed E-state index contributed by atoms with van der Waals surface area (Å²) >= 11 is 0. The van der Waals surface area contributed by atoms with Gasteiger partial charge in [-0.3, -0.25) is 4.79 Å². The van der Waals surface area contributed by atoms with Crippen molar-refractivity contribution in [1.29, 1.82) is 0 Å². The van der Waals surface area contributed by atoms with E-state index in [9.17, 15) is 4.79 Å². The largest absolute Gasteiger partial charge is 0.490 e. The highest BCUT2D eigenvalue weighted by Crippen LogP contribution is 2.33. The lowest BCUT2D eigenvalue weighted by molar-refractivity contribution is -0.117. The van der Waals surface area contributed by atoms with Gasteiger partial charge < -0.3 is 14.8 Å². The molecule has 3 rings (SSSR count). The van der Waals surface area contributed by atoms with Gasteiger partial charge in [0.1, 0.15) is 0 Å². The maximum Gasteiger partial charge on any atom is 0.244 e. The first-order chi connectivity index (χ1) is 12.3. The van der Waals surface area contributed by atoms with Gasteiger partial charge in [-0.1, -0.05) is 43.3 Å². The fourth-order valence-electron chi connectivity index (χ4n) is 2.77. The molecule has 0 aliphatic carbocycles. The van der Waals surface area contributed by atoms with Crippen LogP contribution in [-0.2, 0) is 4.79 Å². The van der Waals surface area contributed by atoms with Crippen LogP contribution in [0.4, 0.5) is 0 Å². The van der Waals surface area contributed by atoms with Crippen LogP contribution in [0.5, 0.6) is 11.5 Å². The second-order valence-electron chi connectivity index (χ2n) is 5.97. The lowest BCUT2D eigenvalue weighted by Gasteiger charge is -2.18. The zero-order chi connectivity index (χ0) is 17.5. The maximum atomic E-state index is 12.2. The minimum atomic E-state index is -0.109. The summed E-state index contributed by atoms with van der Waals surface area (Å²) in [6.07, 6.45) is 5.06. The van der Waals surface area contributed by atoms with Crippen LogP contribution in [0.3, 0.4) is 0 Å². The average Bonchev–Trinajstić information content (AvgIpc) is 2.90. The van der Waals surface area contributed by atoms with Crippen molar-refractivity contribution in [2.24, 2.45) is 0 Å². The first kappa shape index (κ1) is 17.1. The van der Waals surface area contributed by atoms with Crippen LogP contribution in [0, 0.1) is 0 Å². The summed E-state index contributed by atoms with van der Waals surface area (Å²) in [4.78, 5) is 12.2. The molecule has 0 spiro atoms. The van der Waals surface area contributed by atoms with Crippen molar-refractivity contribution in [3.63, 3.8) is 0 Å². The molecular formula is C21H23NO3. The van der Waals surface area contributed by atoms with E-state index >= 15 is 0 Å². The van der Waals surface area contributed by atoms with Gasteiger partial charge >= 0.3 is 0 Å². The van der Waals surface area contributed by atoms with E-state index in [1.54, 1.807) is 6.08 Å². The predicted molar refractivity (Wildman–Crippen MR) is 98.7 cm³/mol. The molecule has 1 unspecified atom stereocenters. The molecule has 130 valence electrons. The van der Waals surface area contributed by atoms with Crippen molar-refractivity contribution in [3.05, 3.63) is 65.7 Å². The Balaban J connectivity index is 1.69. The average molecular weight is 337 g/mol. The number of carbonyl (C=O) groups is 1. The van der Waals surface area contributed by atoms with Crippen molar-refractivity contribution >= 4 is 12.0 Å². The Morgan fingerprint density at radius 1 is 1.12 bits per heavy atom. The zero-order valence-corrected chi connectivity index (χ0v) is 14.4. The van der Waals surface area contributed by atoms with E-state index in [-0.39, 0.29) is 11.9 Å². The molecule has 1 N–H and O–H groups in total. The van der Waals surface area contributed by atoms with Crippen LogP contribution >= 0.6 is 0 Å². The number of hydrogen-bond acceptors (Lipinski definition) is 3. The number of nitrogens with one attached hydrogen (secondary N) is 1. The number of hydrogen-bond donors (Lipinski definition) is 1. The van der Waals surface area contributed by atoms with Gasteiger partial charge in [-0.15, -0.1) is 0 Å². The molecule has 0 radical (unpaired) electrons. The molecule has 1 heterocycles. The van der Waals surface area contributed by atoms with Gasteiger partial charge in [0.05, 0.1) is 19.3 Å². The highest BCUT2D eigenvalue weighted by Gasteiger charge is 2.16. The number of rotatable bonds is 5. The summed E-state index contributed by atoms with van der Waals surface area (Å²) in [5.41, 5.74) is 2.02. The molecule has 0 bridgehead atoms. The van der Waals surface area contributed by atoms with E-state index in [4.69, 9.17) is 9.47 Å². The maximum absolute atomic E-state index is 12.2. The Morgan fingerprint density at radius 3 is 2.64 bits per heavy atom. The second kappa shape index (κ2) is 8.38. The highest BCUT2D eigenvalue weighted by molar-refractivity contribution is 5.92. The molecule has 1 atom stereocenters. The standard InChI is InChI=1S/C21H23NO3/c1-2-18(22-21(23)12-9-16-7-4-3-5-8-16)17-10-11-19-20(15-17)25-14-6-13-24-19/h3-5,7-12,15,18H,2,6,13-14H2,1H3,(H,22,23)/b12-9+. The monoisotopic (exact) mass is 337 g/mol. The van der Waals surface area contributed by atoms with Crippen molar-refractivity contribution in [2.45, 2.75) is 25.8 Å². The predicted octanol–water partition coefficient (Wildman–Crippen LogP) is 4.13. The van der Waals surface area contributed by atoms with Gasteiger partial charge in [-0.2, -0.15) is 0 Å². The molecule has 1 aliphatic heterocycles. The number of ether oxygens (including phenoxy) is 2. The van der Waals surface area contributed by atoms with Crippen molar-refractivity contribution < 1.29 is 14.3 Å². The minimum Gasteiger partial charge on any atom is -0.490 e. The van der Waals surface area contributed by atoms with Crippen LogP contribution in [0.15, 0.2) is 54.6 Å². The number of carbonyl (C=O) groups excluding carboxylic acids is 1. The fourth-order valence-corrected chi connectivity index (χ4v) is 2.77. The van der Waals surface area contributed by atoms with Gasteiger partial charge in [0.25, 0.3) is 0 Å². The summed E-state index contributed by atoms with van der Waals surface area (Å²) in [6.45, 7) is 3.37. The van der Waals surface area contributed by atoms with Crippen molar-refractivity contribution in [3.8, 4) is 11.5 Å². The third-order valence-electron chi connectivity index (χ3n) is 4.13. The van der Waals surface area contributed by atoms with E-state index in [1.807, 2.05) is 54.6 Å². The van der Waals surface area contributed by atoms with E-state index in [0.717, 1.165) is 35.5 Å². The molecular weight excluding hydrogens is 314 g/mol. The quantitative estimate of drug-likeness (QED) is 0.835. The SMILES string of the molecule is CCC(NC(=O)/C=C/c1ccccc1)c1ccc2c(c1)OCCCO2. The van der Waals surface area contributed by atoms with E-state index in [2.05, 4.69) is 12.2 Å². The molecule has 0 fully saturated rings. The fraction of sp³-hybridized carbons (Fsp3) is 0.286. The third-order valence-corrected chi connectivity index (χ3v) is 4.13. The Labute approximate surface area is 148 Å². The van der Waals surface area contributed by atoms with Crippen LogP contribution in [0.2, 0.25) is 0 Å². The Bertz CT molecular complexity index is 740. The summed E-state index contributed by atoms with van der Waals surface area (Å²) in [5, 5.41) is 3.05. The summed E-state index contributed by atoms with van der Waals surface area (Å²) < 4.78 is 11.4. The van der Waals surface area contributed by atoms with Crippen LogP contribution in [0.1, 0.15) is 36.9 Å². The highest BCUT2D eigenvalue weighted by atomic mass is 16.5. The number of benzene rings is 2. The summed E-state index contributed by atoms with van der Waals surface area (Å²) in [5.74, 6) is 1.41. The smallest absolute Gasteiger partial charge is 0.244 e. The van der Waals surface area contributed by atoms with Crippen molar-refractivity contribution in [1.82, 2.24) is 5.32 Å². The normalized spacial score (nSPS) is 14.8. The van der Waals surface area contributed by atoms with Crippen LogP contribution in [-0.4, -0.2) is 19.1 Å². The van der Waals surface area contributed by atoms with E-state index < -0.39 is 0 Å². The molecule has 4 nitrogen and oxygen atoms in total. The summed E-state index contributed by atoms with van der Waals surface area (Å²) in [6, 6.07) is 15.6. The minimum absolute atomic E-state index is 0.0647. The molecule has 2 aromatic carbocycles.